The van der Waals surface area contributed by atoms with E-state index in [1.165, 1.54) is 0 Å². The Hall–Kier alpha value is -0.0500. The maximum absolute atomic E-state index is 13.4. The molecule has 10 heteroatoms. The summed E-state index contributed by atoms with van der Waals surface area (Å²) in [7, 11) is -3.97. The summed E-state index contributed by atoms with van der Waals surface area (Å²) in [6, 6.07) is 0. The van der Waals surface area contributed by atoms with Crippen molar-refractivity contribution in [3.63, 3.8) is 0 Å². The van der Waals surface area contributed by atoms with E-state index >= 15 is 0 Å². The molecule has 0 radical (unpaired) electrons. The highest BCUT2D eigenvalue weighted by Gasteiger charge is 2.50. The zero-order valence-corrected chi connectivity index (χ0v) is 12.1. The summed E-state index contributed by atoms with van der Waals surface area (Å²) in [6.45, 7) is 0.285. The molecule has 0 amide bonds. The molecule has 0 fully saturated rings. The van der Waals surface area contributed by atoms with E-state index < -0.39 is 33.1 Å². The summed E-state index contributed by atoms with van der Waals surface area (Å²) in [4.78, 5) is 3.50. The first-order valence-electron chi connectivity index (χ1n) is 4.55. The molecule has 0 aromatic carbocycles. The van der Waals surface area contributed by atoms with Gasteiger partial charge in [-0.25, -0.2) is 26.6 Å². The molecule has 0 saturated carbocycles. The van der Waals surface area contributed by atoms with Gasteiger partial charge >= 0.3 is 0 Å². The van der Waals surface area contributed by atoms with E-state index in [4.69, 9.17) is 23.2 Å². The van der Waals surface area contributed by atoms with Gasteiger partial charge in [-0.1, -0.05) is 34.5 Å². The highest BCUT2D eigenvalue weighted by Crippen LogP contribution is 2.39. The van der Waals surface area contributed by atoms with Crippen molar-refractivity contribution in [2.24, 2.45) is 0 Å². The molecule has 1 heterocycles. The third-order valence-corrected chi connectivity index (χ3v) is 5.87. The quantitative estimate of drug-likeness (QED) is 0.770. The molecule has 0 aliphatic carbocycles. The maximum Gasteiger partial charge on any atom is 0.292 e. The van der Waals surface area contributed by atoms with Crippen LogP contribution < -0.4 is 0 Å². The molecule has 0 aliphatic rings. The fourth-order valence-corrected chi connectivity index (χ4v) is 3.91. The van der Waals surface area contributed by atoms with Gasteiger partial charge in [-0.3, -0.25) is 0 Å². The zero-order chi connectivity index (χ0) is 14.2. The Morgan fingerprint density at radius 3 is 2.39 bits per heavy atom. The summed E-state index contributed by atoms with van der Waals surface area (Å²) in [5.41, 5.74) is 0. The summed E-state index contributed by atoms with van der Waals surface area (Å²) in [5.74, 6) is -4.72. The lowest BCUT2D eigenvalue weighted by Gasteiger charge is -2.24. The molecule has 1 aromatic rings. The van der Waals surface area contributed by atoms with Gasteiger partial charge in [-0.05, 0) is 0 Å². The molecule has 18 heavy (non-hydrogen) atoms. The summed E-state index contributed by atoms with van der Waals surface area (Å²) >= 11 is 11.2. The molecule has 0 N–H and O–H groups in total. The third kappa shape index (κ3) is 3.72. The molecule has 104 valence electrons. The Bertz CT molecular complexity index is 525. The standard InChI is InChI=1S/C8H8Cl2F3NO2S2/c1-7(11,12)8(10,13)2-3-18(15,16)6-14-4-5(9)17-6/h4H,2-3H2,1H3. The second-order valence-electron chi connectivity index (χ2n) is 3.59. The zero-order valence-electron chi connectivity index (χ0n) is 8.96. The molecule has 0 aliphatic heterocycles. The van der Waals surface area contributed by atoms with E-state index in [1.807, 2.05) is 0 Å². The van der Waals surface area contributed by atoms with Gasteiger partial charge in [-0.15, -0.1) is 0 Å². The predicted octanol–water partition coefficient (Wildman–Crippen LogP) is 3.52. The van der Waals surface area contributed by atoms with Crippen LogP contribution in [0.25, 0.3) is 0 Å². The smallest absolute Gasteiger partial charge is 0.232 e. The predicted molar refractivity (Wildman–Crippen MR) is 64.1 cm³/mol. The fraction of sp³-hybridized carbons (Fsp3) is 0.625. The van der Waals surface area contributed by atoms with Gasteiger partial charge in [0, 0.05) is 13.3 Å². The van der Waals surface area contributed by atoms with Crippen LogP contribution >= 0.6 is 34.5 Å². The van der Waals surface area contributed by atoms with Gasteiger partial charge in [0.25, 0.3) is 5.92 Å². The molecule has 3 nitrogen and oxygen atoms in total. The molecule has 1 atom stereocenters. The fourth-order valence-electron chi connectivity index (χ4n) is 0.953. The first kappa shape index (κ1) is 16.0. The van der Waals surface area contributed by atoms with Crippen molar-refractivity contribution >= 4 is 44.4 Å². The van der Waals surface area contributed by atoms with Crippen LogP contribution in [0.15, 0.2) is 10.5 Å². The minimum absolute atomic E-state index is 0.131. The average Bonchev–Trinajstić information content (AvgIpc) is 2.61. The van der Waals surface area contributed by atoms with E-state index in [-0.39, 0.29) is 15.6 Å². The Morgan fingerprint density at radius 1 is 1.44 bits per heavy atom. The highest BCUT2D eigenvalue weighted by molar-refractivity contribution is 7.93. The van der Waals surface area contributed by atoms with Gasteiger partial charge < -0.3 is 0 Å². The number of nitrogens with zero attached hydrogens (tertiary/aromatic N) is 1. The van der Waals surface area contributed by atoms with Crippen molar-refractivity contribution in [1.82, 2.24) is 4.98 Å². The SMILES string of the molecule is CC(F)(F)C(F)(Cl)CCS(=O)(=O)c1ncc(Cl)s1. The lowest BCUT2D eigenvalue weighted by atomic mass is 10.2. The topological polar surface area (TPSA) is 47.0 Å². The largest absolute Gasteiger partial charge is 0.292 e. The van der Waals surface area contributed by atoms with Gasteiger partial charge in [-0.2, -0.15) is 0 Å². The summed E-state index contributed by atoms with van der Waals surface area (Å²) in [6.07, 6.45) is 0.0640. The number of hydrogen-bond acceptors (Lipinski definition) is 4. The molecular weight excluding hydrogens is 334 g/mol. The number of hydrogen-bond donors (Lipinski definition) is 0. The van der Waals surface area contributed by atoms with Crippen LogP contribution in [-0.2, 0) is 9.84 Å². The molecule has 0 saturated heterocycles. The van der Waals surface area contributed by atoms with Gasteiger partial charge in [0.15, 0.2) is 0 Å². The molecule has 1 aromatic heterocycles. The Kier molecular flexibility index (Phi) is 4.58. The van der Waals surface area contributed by atoms with E-state index in [1.54, 1.807) is 0 Å². The molecular formula is C8H8Cl2F3NO2S2. The number of aromatic nitrogens is 1. The van der Waals surface area contributed by atoms with Crippen LogP contribution in [0.3, 0.4) is 0 Å². The van der Waals surface area contributed by atoms with Gasteiger partial charge in [0.1, 0.15) is 4.34 Å². The van der Waals surface area contributed by atoms with Crippen molar-refractivity contribution in [3.05, 3.63) is 10.5 Å². The van der Waals surface area contributed by atoms with Crippen molar-refractivity contribution < 1.29 is 21.6 Å². The Balaban J connectivity index is 2.81. The normalized spacial score (nSPS) is 16.6. The highest BCUT2D eigenvalue weighted by atomic mass is 35.5. The average molecular weight is 342 g/mol. The number of halogens is 5. The lowest BCUT2D eigenvalue weighted by Crippen LogP contribution is -2.38. The summed E-state index contributed by atoms with van der Waals surface area (Å²) < 4.78 is 61.9. The Morgan fingerprint density at radius 2 is 2.00 bits per heavy atom. The Labute approximate surface area is 116 Å². The van der Waals surface area contributed by atoms with E-state index in [2.05, 4.69) is 4.98 Å². The minimum Gasteiger partial charge on any atom is -0.232 e. The number of sulfone groups is 1. The monoisotopic (exact) mass is 341 g/mol. The third-order valence-electron chi connectivity index (χ3n) is 2.05. The first-order chi connectivity index (χ1) is 7.96. The van der Waals surface area contributed by atoms with Crippen LogP contribution in [0, 0.1) is 0 Å². The molecule has 1 unspecified atom stereocenters. The summed E-state index contributed by atoms with van der Waals surface area (Å²) in [5, 5.41) is -3.42. The van der Waals surface area contributed by atoms with Gasteiger partial charge in [0.05, 0.1) is 11.9 Å². The second-order valence-corrected chi connectivity index (χ2v) is 8.14. The van der Waals surface area contributed by atoms with Crippen LogP contribution in [-0.4, -0.2) is 30.2 Å². The van der Waals surface area contributed by atoms with Crippen molar-refractivity contribution in [2.45, 2.75) is 28.7 Å². The first-order valence-corrected chi connectivity index (χ1v) is 7.78. The van der Waals surface area contributed by atoms with Crippen molar-refractivity contribution in [1.29, 1.82) is 0 Å². The van der Waals surface area contributed by atoms with Crippen molar-refractivity contribution in [3.8, 4) is 0 Å². The van der Waals surface area contributed by atoms with Crippen LogP contribution in [0.1, 0.15) is 13.3 Å². The van der Waals surface area contributed by atoms with Gasteiger partial charge in [0.2, 0.25) is 19.3 Å². The molecule has 0 bridgehead atoms. The second kappa shape index (κ2) is 5.15. The minimum atomic E-state index is -3.97. The number of thiazole rings is 1. The number of rotatable bonds is 5. The molecule has 0 spiro atoms. The van der Waals surface area contributed by atoms with Crippen LogP contribution in [0.2, 0.25) is 4.34 Å². The van der Waals surface area contributed by atoms with Crippen molar-refractivity contribution in [2.75, 3.05) is 5.75 Å². The maximum atomic E-state index is 13.4. The van der Waals surface area contributed by atoms with Crippen LogP contribution in [0.4, 0.5) is 13.2 Å². The lowest BCUT2D eigenvalue weighted by molar-refractivity contribution is -0.0792. The van der Waals surface area contributed by atoms with Crippen LogP contribution in [0.5, 0.6) is 0 Å². The van der Waals surface area contributed by atoms with E-state index in [0.29, 0.717) is 11.3 Å². The van der Waals surface area contributed by atoms with E-state index in [9.17, 15) is 21.6 Å². The number of alkyl halides is 4. The molecule has 1 rings (SSSR count). The van der Waals surface area contributed by atoms with E-state index in [0.717, 1.165) is 6.20 Å².